The number of hydrogen-bond donors (Lipinski definition) is 0. The Morgan fingerprint density at radius 3 is 2.60 bits per heavy atom. The number of rotatable bonds is 3. The molecule has 0 radical (unpaired) electrons. The number of hydrogen-bond acceptors (Lipinski definition) is 2. The fourth-order valence-electron chi connectivity index (χ4n) is 3.51. The molecule has 1 saturated carbocycles. The highest BCUT2D eigenvalue weighted by Crippen LogP contribution is 2.42. The number of fused-ring (bicyclic) bond motifs is 2. The molecule has 2 heterocycles. The van der Waals surface area contributed by atoms with Crippen LogP contribution >= 0.6 is 11.8 Å². The molecule has 0 N–H and O–H groups in total. The molecule has 86 valence electrons. The van der Waals surface area contributed by atoms with Gasteiger partial charge in [0.2, 0.25) is 0 Å². The van der Waals surface area contributed by atoms with Gasteiger partial charge in [0.1, 0.15) is 0 Å². The SMILES string of the molecule is CC(C)[C@H]1C[C@@H](CN2C[C@@H]3C[C@H]2CS3)C1. The highest BCUT2D eigenvalue weighted by molar-refractivity contribution is 8.00. The molecule has 0 spiro atoms. The van der Waals surface area contributed by atoms with Crippen LogP contribution in [-0.2, 0) is 0 Å². The van der Waals surface area contributed by atoms with Crippen molar-refractivity contribution in [1.82, 2.24) is 4.90 Å². The normalized spacial score (nSPS) is 45.0. The highest BCUT2D eigenvalue weighted by Gasteiger charge is 2.41. The molecule has 2 heteroatoms. The number of nitrogens with zero attached hydrogens (tertiary/aromatic N) is 1. The Kier molecular flexibility index (Phi) is 2.76. The molecule has 0 aromatic rings. The van der Waals surface area contributed by atoms with Crippen LogP contribution in [0.1, 0.15) is 33.1 Å². The second-order valence-electron chi connectivity index (χ2n) is 6.14. The zero-order valence-corrected chi connectivity index (χ0v) is 10.8. The van der Waals surface area contributed by atoms with Gasteiger partial charge in [-0.2, -0.15) is 11.8 Å². The fraction of sp³-hybridized carbons (Fsp3) is 1.00. The minimum atomic E-state index is 0.923. The van der Waals surface area contributed by atoms with Crippen LogP contribution in [0.2, 0.25) is 0 Å². The number of thioether (sulfide) groups is 1. The van der Waals surface area contributed by atoms with Crippen LogP contribution < -0.4 is 0 Å². The van der Waals surface area contributed by atoms with E-state index in [1.807, 2.05) is 0 Å². The van der Waals surface area contributed by atoms with Crippen LogP contribution in [0.3, 0.4) is 0 Å². The van der Waals surface area contributed by atoms with Crippen molar-refractivity contribution < 1.29 is 0 Å². The topological polar surface area (TPSA) is 3.24 Å². The molecule has 2 aliphatic heterocycles. The summed E-state index contributed by atoms with van der Waals surface area (Å²) < 4.78 is 0. The first-order valence-corrected chi connectivity index (χ1v) is 7.63. The van der Waals surface area contributed by atoms with Crippen molar-refractivity contribution in [3.63, 3.8) is 0 Å². The maximum absolute atomic E-state index is 2.79. The van der Waals surface area contributed by atoms with E-state index >= 15 is 0 Å². The summed E-state index contributed by atoms with van der Waals surface area (Å²) in [6, 6.07) is 0.957. The lowest BCUT2D eigenvalue weighted by atomic mass is 9.69. The molecule has 2 saturated heterocycles. The highest BCUT2D eigenvalue weighted by atomic mass is 32.2. The lowest BCUT2D eigenvalue weighted by Gasteiger charge is -2.41. The molecule has 1 aliphatic carbocycles. The van der Waals surface area contributed by atoms with E-state index in [1.165, 1.54) is 38.1 Å². The minimum absolute atomic E-state index is 0.923. The first kappa shape index (κ1) is 10.5. The third-order valence-electron chi connectivity index (χ3n) is 4.72. The quantitative estimate of drug-likeness (QED) is 0.726. The predicted octanol–water partition coefficient (Wildman–Crippen LogP) is 2.86. The van der Waals surface area contributed by atoms with Gasteiger partial charge in [-0.25, -0.2) is 0 Å². The van der Waals surface area contributed by atoms with Crippen LogP contribution in [0.25, 0.3) is 0 Å². The second kappa shape index (κ2) is 3.96. The Bertz CT molecular complexity index is 235. The van der Waals surface area contributed by atoms with Crippen molar-refractivity contribution in [3.05, 3.63) is 0 Å². The van der Waals surface area contributed by atoms with E-state index in [0.29, 0.717) is 0 Å². The summed E-state index contributed by atoms with van der Waals surface area (Å²) in [7, 11) is 0. The van der Waals surface area contributed by atoms with Crippen LogP contribution in [0, 0.1) is 17.8 Å². The Morgan fingerprint density at radius 2 is 2.07 bits per heavy atom. The Labute approximate surface area is 98.0 Å². The molecular weight excluding hydrogens is 202 g/mol. The van der Waals surface area contributed by atoms with Gasteiger partial charge in [-0.1, -0.05) is 13.8 Å². The van der Waals surface area contributed by atoms with Gasteiger partial charge in [0, 0.05) is 30.1 Å². The molecule has 3 aliphatic rings. The summed E-state index contributed by atoms with van der Waals surface area (Å²) >= 11 is 2.21. The van der Waals surface area contributed by atoms with E-state index in [9.17, 15) is 0 Å². The maximum Gasteiger partial charge on any atom is 0.0198 e. The maximum atomic E-state index is 2.79. The van der Waals surface area contributed by atoms with E-state index in [-0.39, 0.29) is 0 Å². The van der Waals surface area contributed by atoms with Gasteiger partial charge < -0.3 is 0 Å². The Balaban J connectivity index is 1.44. The summed E-state index contributed by atoms with van der Waals surface area (Å²) in [5, 5.41) is 0.996. The third-order valence-corrected chi connectivity index (χ3v) is 6.11. The van der Waals surface area contributed by atoms with Crippen molar-refractivity contribution in [3.8, 4) is 0 Å². The lowest BCUT2D eigenvalue weighted by molar-refractivity contribution is 0.0928. The molecule has 2 atom stereocenters. The molecule has 1 nitrogen and oxygen atoms in total. The lowest BCUT2D eigenvalue weighted by Crippen LogP contribution is -2.42. The number of likely N-dealkylation sites (tertiary alicyclic amines) is 1. The van der Waals surface area contributed by atoms with Crippen molar-refractivity contribution in [1.29, 1.82) is 0 Å². The van der Waals surface area contributed by atoms with Gasteiger partial charge in [-0.15, -0.1) is 0 Å². The predicted molar refractivity (Wildman–Crippen MR) is 67.3 cm³/mol. The standard InChI is InChI=1S/C13H23NS/c1-9(2)11-3-10(4-11)6-14-7-13-5-12(14)8-15-13/h9-13H,3-8H2,1-2H3/t10-,11+,12-,13-/m0/s1. The second-order valence-corrected chi connectivity index (χ2v) is 7.47. The van der Waals surface area contributed by atoms with Crippen molar-refractivity contribution in [2.75, 3.05) is 18.8 Å². The molecule has 2 bridgehead atoms. The van der Waals surface area contributed by atoms with Gasteiger partial charge in [0.25, 0.3) is 0 Å². The van der Waals surface area contributed by atoms with E-state index in [0.717, 1.165) is 29.0 Å². The molecule has 0 unspecified atom stereocenters. The van der Waals surface area contributed by atoms with Crippen LogP contribution in [0.4, 0.5) is 0 Å². The van der Waals surface area contributed by atoms with Crippen LogP contribution in [-0.4, -0.2) is 35.0 Å². The summed E-state index contributed by atoms with van der Waals surface area (Å²) in [6.45, 7) is 7.59. The molecule has 0 amide bonds. The zero-order valence-electron chi connectivity index (χ0n) is 9.98. The first-order chi connectivity index (χ1) is 7.22. The largest absolute Gasteiger partial charge is 0.298 e. The van der Waals surface area contributed by atoms with Crippen LogP contribution in [0.5, 0.6) is 0 Å². The van der Waals surface area contributed by atoms with Gasteiger partial charge in [-0.05, 0) is 37.0 Å². The average Bonchev–Trinajstić information content (AvgIpc) is 2.70. The monoisotopic (exact) mass is 225 g/mol. The summed E-state index contributed by atoms with van der Waals surface area (Å²) in [6.07, 6.45) is 4.52. The van der Waals surface area contributed by atoms with E-state index in [4.69, 9.17) is 0 Å². The summed E-state index contributed by atoms with van der Waals surface area (Å²) in [5.74, 6) is 4.43. The van der Waals surface area contributed by atoms with Gasteiger partial charge in [-0.3, -0.25) is 4.90 Å². The van der Waals surface area contributed by atoms with E-state index in [1.54, 1.807) is 0 Å². The average molecular weight is 225 g/mol. The molecule has 3 fully saturated rings. The molecular formula is C13H23NS. The Hall–Kier alpha value is 0.310. The minimum Gasteiger partial charge on any atom is -0.298 e. The molecule has 3 rings (SSSR count). The molecule has 0 aromatic heterocycles. The van der Waals surface area contributed by atoms with E-state index in [2.05, 4.69) is 30.5 Å². The Morgan fingerprint density at radius 1 is 1.27 bits per heavy atom. The van der Waals surface area contributed by atoms with Gasteiger partial charge >= 0.3 is 0 Å². The van der Waals surface area contributed by atoms with E-state index < -0.39 is 0 Å². The van der Waals surface area contributed by atoms with Crippen LogP contribution in [0.15, 0.2) is 0 Å². The third kappa shape index (κ3) is 1.95. The van der Waals surface area contributed by atoms with Crippen molar-refractivity contribution in [2.45, 2.75) is 44.4 Å². The van der Waals surface area contributed by atoms with Crippen molar-refractivity contribution >= 4 is 11.8 Å². The zero-order chi connectivity index (χ0) is 10.4. The summed E-state index contributed by atoms with van der Waals surface area (Å²) in [4.78, 5) is 2.79. The smallest absolute Gasteiger partial charge is 0.0198 e. The van der Waals surface area contributed by atoms with Crippen molar-refractivity contribution in [2.24, 2.45) is 17.8 Å². The summed E-state index contributed by atoms with van der Waals surface area (Å²) in [5.41, 5.74) is 0. The first-order valence-electron chi connectivity index (χ1n) is 6.58. The van der Waals surface area contributed by atoms with Gasteiger partial charge in [0.15, 0.2) is 0 Å². The molecule has 15 heavy (non-hydrogen) atoms. The van der Waals surface area contributed by atoms with Gasteiger partial charge in [0.05, 0.1) is 0 Å². The fourth-order valence-corrected chi connectivity index (χ4v) is 5.01. The molecule has 0 aromatic carbocycles.